The second-order valence-corrected chi connectivity index (χ2v) is 9.68. The number of fused-ring (bicyclic) bond motifs is 2. The van der Waals surface area contributed by atoms with Crippen LogP contribution in [0.3, 0.4) is 0 Å². The average Bonchev–Trinajstić information content (AvgIpc) is 3.45. The lowest BCUT2D eigenvalue weighted by molar-refractivity contribution is -0.136. The summed E-state index contributed by atoms with van der Waals surface area (Å²) in [7, 11) is 0. The van der Waals surface area contributed by atoms with Crippen LogP contribution in [-0.4, -0.2) is 57.5 Å². The third-order valence-corrected chi connectivity index (χ3v) is 7.37. The molecule has 3 aromatic rings. The Morgan fingerprint density at radius 3 is 2.56 bits per heavy atom. The number of hydrogen-bond donors (Lipinski definition) is 2. The van der Waals surface area contributed by atoms with Crippen molar-refractivity contribution >= 4 is 40.6 Å². The number of nitrogens with zero attached hydrogens (tertiary/aromatic N) is 2. The molecule has 2 aromatic carbocycles. The van der Waals surface area contributed by atoms with Crippen LogP contribution in [0, 0.1) is 0 Å². The van der Waals surface area contributed by atoms with Gasteiger partial charge in [0.15, 0.2) is 0 Å². The molecular formula is C28H26N4O4. The molecule has 3 aliphatic rings. The van der Waals surface area contributed by atoms with Crippen LogP contribution in [0.15, 0.2) is 54.1 Å². The predicted octanol–water partition coefficient (Wildman–Crippen LogP) is 3.25. The molecule has 182 valence electrons. The topological polar surface area (TPSA) is 103 Å². The number of imide groups is 1. The number of likely N-dealkylation sites (tertiary alicyclic amines) is 1. The number of H-pyrrole nitrogens is 1. The minimum absolute atomic E-state index is 0.0230. The molecule has 2 fully saturated rings. The molecule has 6 rings (SSSR count). The van der Waals surface area contributed by atoms with E-state index in [1.165, 1.54) is 5.57 Å². The second kappa shape index (κ2) is 8.78. The summed E-state index contributed by atoms with van der Waals surface area (Å²) in [5.74, 6) is -0.829. The van der Waals surface area contributed by atoms with Gasteiger partial charge in [0.25, 0.3) is 11.8 Å². The highest BCUT2D eigenvalue weighted by molar-refractivity contribution is 6.05. The van der Waals surface area contributed by atoms with Gasteiger partial charge in [-0.15, -0.1) is 0 Å². The third kappa shape index (κ3) is 3.98. The lowest BCUT2D eigenvalue weighted by Gasteiger charge is -2.29. The van der Waals surface area contributed by atoms with Crippen LogP contribution in [0.5, 0.6) is 0 Å². The smallest absolute Gasteiger partial charge is 0.270 e. The summed E-state index contributed by atoms with van der Waals surface area (Å²) < 4.78 is 0. The number of carbonyl (C=O) groups excluding carboxylic acids is 4. The number of hydrogen-bond acceptors (Lipinski definition) is 4. The van der Waals surface area contributed by atoms with Crippen molar-refractivity contribution in [1.82, 2.24) is 20.1 Å². The molecule has 8 heteroatoms. The Balaban J connectivity index is 1.12. The van der Waals surface area contributed by atoms with Crippen molar-refractivity contribution in [2.75, 3.05) is 13.1 Å². The summed E-state index contributed by atoms with van der Waals surface area (Å²) in [5.41, 5.74) is 5.36. The fourth-order valence-corrected chi connectivity index (χ4v) is 5.42. The molecule has 0 radical (unpaired) electrons. The zero-order chi connectivity index (χ0) is 24.8. The van der Waals surface area contributed by atoms with Crippen molar-refractivity contribution in [2.45, 2.75) is 38.3 Å². The zero-order valence-corrected chi connectivity index (χ0v) is 19.8. The molecular weight excluding hydrogens is 456 g/mol. The molecule has 2 N–H and O–H groups in total. The van der Waals surface area contributed by atoms with Gasteiger partial charge in [-0.3, -0.25) is 24.5 Å². The lowest BCUT2D eigenvalue weighted by Crippen LogP contribution is -2.52. The molecule has 36 heavy (non-hydrogen) atoms. The Morgan fingerprint density at radius 2 is 1.78 bits per heavy atom. The zero-order valence-electron chi connectivity index (χ0n) is 19.8. The van der Waals surface area contributed by atoms with Crippen molar-refractivity contribution in [3.63, 3.8) is 0 Å². The first kappa shape index (κ1) is 22.3. The maximum Gasteiger partial charge on any atom is 0.270 e. The first-order valence-corrected chi connectivity index (χ1v) is 12.3. The monoisotopic (exact) mass is 482 g/mol. The van der Waals surface area contributed by atoms with Crippen LogP contribution in [-0.2, 0) is 16.1 Å². The van der Waals surface area contributed by atoms with Gasteiger partial charge in [-0.2, -0.15) is 0 Å². The summed E-state index contributed by atoms with van der Waals surface area (Å²) in [6.45, 7) is 1.68. The van der Waals surface area contributed by atoms with E-state index in [2.05, 4.69) is 16.4 Å². The molecule has 1 atom stereocenters. The first-order chi connectivity index (χ1) is 17.5. The molecule has 0 saturated carbocycles. The van der Waals surface area contributed by atoms with E-state index >= 15 is 0 Å². The van der Waals surface area contributed by atoms with Gasteiger partial charge in [-0.25, -0.2) is 0 Å². The van der Waals surface area contributed by atoms with Gasteiger partial charge in [0.1, 0.15) is 11.7 Å². The van der Waals surface area contributed by atoms with Gasteiger partial charge in [-0.05, 0) is 54.7 Å². The highest BCUT2D eigenvalue weighted by Gasteiger charge is 2.39. The molecule has 4 heterocycles. The summed E-state index contributed by atoms with van der Waals surface area (Å²) in [5, 5.41) is 3.37. The van der Waals surface area contributed by atoms with Crippen LogP contribution >= 0.6 is 0 Å². The van der Waals surface area contributed by atoms with E-state index in [1.54, 1.807) is 4.90 Å². The normalized spacial score (nSPS) is 20.1. The first-order valence-electron chi connectivity index (χ1n) is 12.3. The van der Waals surface area contributed by atoms with E-state index in [0.717, 1.165) is 34.9 Å². The maximum absolute atomic E-state index is 13.0. The number of aromatic nitrogens is 1. The van der Waals surface area contributed by atoms with Gasteiger partial charge >= 0.3 is 0 Å². The van der Waals surface area contributed by atoms with E-state index < -0.39 is 11.9 Å². The number of rotatable bonds is 3. The predicted molar refractivity (Wildman–Crippen MR) is 134 cm³/mol. The molecule has 1 aromatic heterocycles. The molecule has 4 amide bonds. The number of nitrogens with one attached hydrogen (secondary N) is 2. The standard InChI is InChI=1S/C28H26N4O4/c33-25-8-7-24(26(34)30-25)32-16-20-14-18(5-6-21(20)27(32)35)13-17-9-11-31(12-10-17)28(36)23-15-19-3-1-2-4-22(19)29-23/h1-6,13-15,24,29H,7-12,16H2,(H,30,33,34). The van der Waals surface area contributed by atoms with Crippen LogP contribution in [0.1, 0.15) is 57.7 Å². The van der Waals surface area contributed by atoms with Crippen molar-refractivity contribution in [1.29, 1.82) is 0 Å². The highest BCUT2D eigenvalue weighted by atomic mass is 16.2. The van der Waals surface area contributed by atoms with Crippen molar-refractivity contribution in [3.05, 3.63) is 76.5 Å². The minimum atomic E-state index is -0.608. The van der Waals surface area contributed by atoms with Crippen LogP contribution in [0.2, 0.25) is 0 Å². The number of carbonyl (C=O) groups is 4. The Kier molecular flexibility index (Phi) is 5.44. The van der Waals surface area contributed by atoms with Crippen LogP contribution in [0.4, 0.5) is 0 Å². The lowest BCUT2D eigenvalue weighted by atomic mass is 9.99. The summed E-state index contributed by atoms with van der Waals surface area (Å²) in [6, 6.07) is 14.9. The number of aromatic amines is 1. The molecule has 3 aliphatic heterocycles. The summed E-state index contributed by atoms with van der Waals surface area (Å²) >= 11 is 0. The molecule has 0 spiro atoms. The average molecular weight is 483 g/mol. The Bertz CT molecular complexity index is 1410. The van der Waals surface area contributed by atoms with E-state index in [4.69, 9.17) is 0 Å². The quantitative estimate of drug-likeness (QED) is 0.560. The van der Waals surface area contributed by atoms with Crippen molar-refractivity contribution in [2.24, 2.45) is 0 Å². The van der Waals surface area contributed by atoms with Gasteiger partial charge in [-0.1, -0.05) is 35.9 Å². The van der Waals surface area contributed by atoms with E-state index in [9.17, 15) is 19.2 Å². The van der Waals surface area contributed by atoms with Gasteiger partial charge in [0.05, 0.1) is 0 Å². The molecule has 0 aliphatic carbocycles. The largest absolute Gasteiger partial charge is 0.351 e. The number of piperidine rings is 2. The van der Waals surface area contributed by atoms with Gasteiger partial charge < -0.3 is 14.8 Å². The number of benzene rings is 2. The maximum atomic E-state index is 13.0. The molecule has 8 nitrogen and oxygen atoms in total. The SMILES string of the molecule is O=C1CCC(N2Cc3cc(C=C4CCN(C(=O)c5cc6ccccc6[nH]5)CC4)ccc3C2=O)C(=O)N1. The second-order valence-electron chi connectivity index (χ2n) is 9.68. The van der Waals surface area contributed by atoms with E-state index in [0.29, 0.717) is 37.3 Å². The van der Waals surface area contributed by atoms with Gasteiger partial charge in [0.2, 0.25) is 11.8 Å². The fraction of sp³-hybridized carbons (Fsp3) is 0.286. The van der Waals surface area contributed by atoms with Crippen LogP contribution < -0.4 is 5.32 Å². The molecule has 0 bridgehead atoms. The number of amides is 4. The van der Waals surface area contributed by atoms with Crippen LogP contribution in [0.25, 0.3) is 17.0 Å². The highest BCUT2D eigenvalue weighted by Crippen LogP contribution is 2.30. The Hall–Kier alpha value is -4.20. The molecule has 2 saturated heterocycles. The van der Waals surface area contributed by atoms with E-state index in [1.807, 2.05) is 53.4 Å². The van der Waals surface area contributed by atoms with Gasteiger partial charge in [0, 0.05) is 42.5 Å². The fourth-order valence-electron chi connectivity index (χ4n) is 5.42. The third-order valence-electron chi connectivity index (χ3n) is 7.37. The van der Waals surface area contributed by atoms with Crippen molar-refractivity contribution in [3.8, 4) is 0 Å². The molecule has 1 unspecified atom stereocenters. The summed E-state index contributed by atoms with van der Waals surface area (Å²) in [4.78, 5) is 56.3. The minimum Gasteiger partial charge on any atom is -0.351 e. The summed E-state index contributed by atoms with van der Waals surface area (Å²) in [6.07, 6.45) is 4.33. The van der Waals surface area contributed by atoms with E-state index in [-0.39, 0.29) is 24.1 Å². The Morgan fingerprint density at radius 1 is 0.972 bits per heavy atom. The van der Waals surface area contributed by atoms with Crippen molar-refractivity contribution < 1.29 is 19.2 Å². The Labute approximate surface area is 207 Å². The number of para-hydroxylation sites is 1.